The Labute approximate surface area is 299 Å². The third kappa shape index (κ3) is 6.67. The zero-order valence-corrected chi connectivity index (χ0v) is 32.8. The molecule has 2 fully saturated rings. The highest BCUT2D eigenvalue weighted by atomic mass is 32.1. The molecule has 262 valence electrons. The Morgan fingerprint density at radius 3 is 2.35 bits per heavy atom. The van der Waals surface area contributed by atoms with Gasteiger partial charge >= 0.3 is 17.1 Å². The number of anilines is 1. The van der Waals surface area contributed by atoms with Crippen molar-refractivity contribution < 1.29 is 27.2 Å². The molecule has 49 heavy (non-hydrogen) atoms. The Bertz CT molecular complexity index is 1760. The lowest BCUT2D eigenvalue weighted by Gasteiger charge is -2.51. The number of benzene rings is 1. The summed E-state index contributed by atoms with van der Waals surface area (Å²) < 4.78 is 37.2. The number of nitrogens with zero attached hydrogens (tertiary/aromatic N) is 4. The fourth-order valence-electron chi connectivity index (χ4n) is 6.98. The number of amides is 1. The highest BCUT2D eigenvalue weighted by Gasteiger charge is 2.62. The molecule has 4 aromatic rings. The molecule has 1 N–H and O–H groups in total. The predicted octanol–water partition coefficient (Wildman–Crippen LogP) is 7.75. The largest absolute Gasteiger partial charge is 0.461 e. The van der Waals surface area contributed by atoms with Crippen LogP contribution in [0.3, 0.4) is 0 Å². The van der Waals surface area contributed by atoms with Crippen LogP contribution < -0.4 is 5.32 Å². The lowest BCUT2D eigenvalue weighted by molar-refractivity contribution is -0.0383. The van der Waals surface area contributed by atoms with Gasteiger partial charge in [0.05, 0.1) is 22.4 Å². The maximum absolute atomic E-state index is 13.1. The third-order valence-electron chi connectivity index (χ3n) is 9.54. The first-order valence-electron chi connectivity index (χ1n) is 16.8. The Morgan fingerprint density at radius 2 is 1.71 bits per heavy atom. The number of hydrogen-bond donors (Lipinski definition) is 1. The minimum absolute atomic E-state index is 0.116. The second-order valence-electron chi connectivity index (χ2n) is 13.9. The molecule has 4 atom stereocenters. The van der Waals surface area contributed by atoms with E-state index in [2.05, 4.69) is 75.7 Å². The van der Waals surface area contributed by atoms with Crippen LogP contribution in [-0.4, -0.2) is 72.6 Å². The van der Waals surface area contributed by atoms with E-state index >= 15 is 0 Å². The van der Waals surface area contributed by atoms with Crippen molar-refractivity contribution in [3.8, 4) is 0 Å². The average molecular weight is 740 g/mol. The maximum atomic E-state index is 13.1. The van der Waals surface area contributed by atoms with Gasteiger partial charge in [0.1, 0.15) is 36.8 Å². The number of ether oxygens (including phenoxy) is 2. The molecule has 3 aromatic heterocycles. The molecular formula is C34H45N5O6S2Si2. The molecule has 0 saturated carbocycles. The van der Waals surface area contributed by atoms with E-state index in [1.807, 2.05) is 23.6 Å². The van der Waals surface area contributed by atoms with Crippen molar-refractivity contribution in [3.63, 3.8) is 0 Å². The number of aromatic nitrogens is 4. The molecule has 11 nitrogen and oxygen atoms in total. The molecule has 1 amide bonds. The van der Waals surface area contributed by atoms with E-state index in [0.717, 1.165) is 4.88 Å². The van der Waals surface area contributed by atoms with Gasteiger partial charge in [0, 0.05) is 23.3 Å². The molecule has 0 unspecified atom stereocenters. The van der Waals surface area contributed by atoms with Gasteiger partial charge < -0.3 is 27.8 Å². The minimum Gasteiger partial charge on any atom is -0.461 e. The first-order valence-corrected chi connectivity index (χ1v) is 22.1. The van der Waals surface area contributed by atoms with Gasteiger partial charge in [0.15, 0.2) is 6.10 Å². The Balaban J connectivity index is 1.43. The number of imidazole rings is 1. The molecule has 5 heterocycles. The summed E-state index contributed by atoms with van der Waals surface area (Å²) in [6.45, 7) is 17.9. The van der Waals surface area contributed by atoms with Gasteiger partial charge in [-0.1, -0.05) is 73.6 Å². The van der Waals surface area contributed by atoms with Crippen LogP contribution >= 0.6 is 23.6 Å². The van der Waals surface area contributed by atoms with Crippen LogP contribution in [0, 0.1) is 0 Å². The molecule has 0 radical (unpaired) electrons. The number of carbonyl (C=O) groups excluding carboxylic acids is 1. The van der Waals surface area contributed by atoms with Crippen LogP contribution in [0.15, 0.2) is 60.8 Å². The zero-order valence-electron chi connectivity index (χ0n) is 29.2. The second-order valence-corrected chi connectivity index (χ2v) is 24.0. The van der Waals surface area contributed by atoms with E-state index in [1.165, 1.54) is 17.7 Å². The molecule has 2 aliphatic heterocycles. The summed E-state index contributed by atoms with van der Waals surface area (Å²) in [6.07, 6.45) is 4.17. The summed E-state index contributed by atoms with van der Waals surface area (Å²) in [4.78, 5) is 27.2. The number of rotatable bonds is 8. The lowest BCUT2D eigenvalue weighted by atomic mass is 10.1. The van der Waals surface area contributed by atoms with Gasteiger partial charge in [0.25, 0.3) is 11.1 Å². The van der Waals surface area contributed by atoms with Crippen LogP contribution in [0.5, 0.6) is 0 Å². The molecule has 6 rings (SSSR count). The smallest absolute Gasteiger partial charge is 0.335 e. The van der Waals surface area contributed by atoms with Crippen LogP contribution in [0.1, 0.15) is 76.7 Å². The summed E-state index contributed by atoms with van der Waals surface area (Å²) in [5.41, 5.74) is 1.81. The normalized spacial score (nSPS) is 23.5. The van der Waals surface area contributed by atoms with Crippen molar-refractivity contribution >= 4 is 68.5 Å². The number of nitrogens with one attached hydrogen (secondary N) is 1. The fourth-order valence-corrected chi connectivity index (χ4v) is 19.5. The van der Waals surface area contributed by atoms with E-state index in [9.17, 15) is 4.79 Å². The molecule has 0 spiro atoms. The zero-order chi connectivity index (χ0) is 35.1. The predicted molar refractivity (Wildman–Crippen MR) is 198 cm³/mol. The Morgan fingerprint density at radius 1 is 1.02 bits per heavy atom. The van der Waals surface area contributed by atoms with E-state index in [1.54, 1.807) is 35.4 Å². The van der Waals surface area contributed by atoms with Crippen LogP contribution in [0.4, 0.5) is 5.82 Å². The minimum atomic E-state index is -3.01. The molecule has 0 bridgehead atoms. The highest BCUT2D eigenvalue weighted by molar-refractivity contribution is 7.80. The molecule has 2 saturated heterocycles. The monoisotopic (exact) mass is 739 g/mol. The third-order valence-corrected chi connectivity index (χ3v) is 21.1. The number of carbonyl (C=O) groups is 1. The summed E-state index contributed by atoms with van der Waals surface area (Å²) in [5.74, 6) is 0.161. The van der Waals surface area contributed by atoms with Crippen molar-refractivity contribution in [2.75, 3.05) is 11.9 Å². The molecule has 1 aromatic carbocycles. The Kier molecular flexibility index (Phi) is 10.5. The molecule has 2 aliphatic rings. The van der Waals surface area contributed by atoms with Gasteiger partial charge in [-0.2, -0.15) is 0 Å². The van der Waals surface area contributed by atoms with Gasteiger partial charge in [-0.15, -0.1) is 11.3 Å². The summed E-state index contributed by atoms with van der Waals surface area (Å²) in [6, 6.07) is 9.04. The molecule has 15 heteroatoms. The van der Waals surface area contributed by atoms with Crippen LogP contribution in [0.25, 0.3) is 10.9 Å². The van der Waals surface area contributed by atoms with Gasteiger partial charge in [-0.3, -0.25) is 9.36 Å². The topological polar surface area (TPSA) is 119 Å². The summed E-state index contributed by atoms with van der Waals surface area (Å²) in [5, 5.41) is 5.83. The lowest BCUT2D eigenvalue weighted by Crippen LogP contribution is -2.66. The van der Waals surface area contributed by atoms with Crippen molar-refractivity contribution in [3.05, 3.63) is 71.2 Å². The van der Waals surface area contributed by atoms with E-state index in [0.29, 0.717) is 28.9 Å². The van der Waals surface area contributed by atoms with Crippen molar-refractivity contribution in [2.45, 2.75) is 102 Å². The van der Waals surface area contributed by atoms with Gasteiger partial charge in [0.2, 0.25) is 0 Å². The van der Waals surface area contributed by atoms with Crippen molar-refractivity contribution in [2.24, 2.45) is 0 Å². The second kappa shape index (κ2) is 14.4. The maximum Gasteiger partial charge on any atom is 0.335 e. The number of thiophene rings is 1. The SMILES string of the molecule is CC(C)[Si]1(C(C)C)OC[C@H]2O[C@@H](c3scc4c(NC(=O)c5ccccc5)ncnc34)[C@H](OC(=S)n3ccnc3)[C@@H]2O[Si](C(C)C)(C(C)C)O1. The van der Waals surface area contributed by atoms with Crippen molar-refractivity contribution in [1.29, 1.82) is 0 Å². The first kappa shape index (κ1) is 35.9. The molecular weight excluding hydrogens is 695 g/mol. The first-order chi connectivity index (χ1) is 23.4. The molecule has 0 aliphatic carbocycles. The summed E-state index contributed by atoms with van der Waals surface area (Å²) in [7, 11) is -5.81. The van der Waals surface area contributed by atoms with E-state index in [4.69, 9.17) is 34.7 Å². The Hall–Kier alpha value is -2.90. The number of fused-ring (bicyclic) bond motifs is 2. The van der Waals surface area contributed by atoms with Gasteiger partial charge in [-0.25, -0.2) is 15.0 Å². The standard InChI is InChI=1S/C34H45N5O6S2Si2/c1-20(2)48(21(3)4)41-16-26-28(44-49(45-48,22(5)6)23(7)8)29(43-34(46)39-15-14-35-19-39)30(42-26)31-27-25(17-47-31)32(37-18-36-27)38-33(40)24-12-10-9-11-13-24/h9-15,17-23,26,28-30H,16H2,1-8H3,(H,36,37,38,40)/t26-,28-,29-,30-/m1/s1. The van der Waals surface area contributed by atoms with E-state index < -0.39 is 41.5 Å². The fraction of sp³-hybridized carbons (Fsp3) is 0.500. The van der Waals surface area contributed by atoms with Crippen LogP contribution in [0.2, 0.25) is 22.2 Å². The van der Waals surface area contributed by atoms with Crippen molar-refractivity contribution in [1.82, 2.24) is 19.5 Å². The number of hydrogen-bond acceptors (Lipinski definition) is 11. The van der Waals surface area contributed by atoms with E-state index in [-0.39, 0.29) is 33.2 Å². The van der Waals surface area contributed by atoms with Crippen LogP contribution in [-0.2, 0) is 22.4 Å². The number of thiocarbonyl (C=S) groups is 1. The van der Waals surface area contributed by atoms with Gasteiger partial charge in [-0.05, 0) is 46.5 Å². The quantitative estimate of drug-likeness (QED) is 0.142. The summed E-state index contributed by atoms with van der Waals surface area (Å²) >= 11 is 7.27. The highest BCUT2D eigenvalue weighted by Crippen LogP contribution is 2.51. The average Bonchev–Trinajstić information content (AvgIpc) is 3.81.